The topological polar surface area (TPSA) is 83.0 Å². The molecule has 0 spiro atoms. The smallest absolute Gasteiger partial charge is 0.780 e. The van der Waals surface area contributed by atoms with Crippen molar-refractivity contribution in [3.63, 3.8) is 0 Å². The van der Waals surface area contributed by atoms with E-state index in [0.29, 0.717) is 26.4 Å². The van der Waals surface area contributed by atoms with E-state index >= 15 is 0 Å². The van der Waals surface area contributed by atoms with Crippen molar-refractivity contribution in [2.45, 2.75) is 27.7 Å². The summed E-state index contributed by atoms with van der Waals surface area (Å²) in [7, 11) is 0. The van der Waals surface area contributed by atoms with E-state index in [0.717, 1.165) is 0 Å². The Hall–Kier alpha value is 1.98. The van der Waals surface area contributed by atoms with Gasteiger partial charge in [0.05, 0.1) is 26.4 Å². The summed E-state index contributed by atoms with van der Waals surface area (Å²) < 4.78 is 18.5. The van der Waals surface area contributed by atoms with Crippen LogP contribution in [0.2, 0.25) is 0 Å². The van der Waals surface area contributed by atoms with Crippen LogP contribution in [-0.2, 0) is 41.7 Å². The molecule has 0 rings (SSSR count). The summed E-state index contributed by atoms with van der Waals surface area (Å²) in [6.07, 6.45) is 0. The summed E-state index contributed by atoms with van der Waals surface area (Å²) >= 11 is 8.91. The summed E-state index contributed by atoms with van der Waals surface area (Å²) in [4.78, 5) is 21.6. The first kappa shape index (κ1) is 25.9. The van der Waals surface area contributed by atoms with Crippen LogP contribution in [0.4, 0.5) is 0 Å². The SMILES string of the molecule is CCOP([O-])(=S)OCC.CCOP([O-])(=S)OCC.[Pb+2]. The van der Waals surface area contributed by atoms with Crippen molar-refractivity contribution in [1.29, 1.82) is 0 Å². The van der Waals surface area contributed by atoms with Crippen LogP contribution in [0.25, 0.3) is 0 Å². The number of rotatable bonds is 8. The molecule has 0 atom stereocenters. The van der Waals surface area contributed by atoms with Crippen LogP contribution >= 0.6 is 13.4 Å². The van der Waals surface area contributed by atoms with Gasteiger partial charge < -0.3 is 27.9 Å². The van der Waals surface area contributed by atoms with Crippen LogP contribution < -0.4 is 9.79 Å². The molecule has 0 saturated carbocycles. The van der Waals surface area contributed by atoms with Crippen LogP contribution in [0.1, 0.15) is 27.7 Å². The summed E-state index contributed by atoms with van der Waals surface area (Å²) in [6, 6.07) is 0. The van der Waals surface area contributed by atoms with Crippen molar-refractivity contribution in [2.75, 3.05) is 26.4 Å². The average molecular weight is 546 g/mol. The molecule has 0 aliphatic heterocycles. The van der Waals surface area contributed by atoms with Crippen LogP contribution in [0.3, 0.4) is 0 Å². The molecule has 0 aliphatic carbocycles. The second-order valence-corrected chi connectivity index (χ2v) is 8.07. The van der Waals surface area contributed by atoms with Crippen molar-refractivity contribution in [3.05, 3.63) is 0 Å². The Labute approximate surface area is 145 Å². The third-order valence-electron chi connectivity index (χ3n) is 1.15. The molecule has 0 aromatic rings. The Bertz CT molecular complexity index is 246. The molecule has 11 heteroatoms. The van der Waals surface area contributed by atoms with Crippen LogP contribution in [0.5, 0.6) is 0 Å². The van der Waals surface area contributed by atoms with Crippen molar-refractivity contribution in [1.82, 2.24) is 0 Å². The molecule has 0 heterocycles. The van der Waals surface area contributed by atoms with Gasteiger partial charge in [-0.1, -0.05) is 23.6 Å². The van der Waals surface area contributed by atoms with E-state index in [2.05, 4.69) is 41.7 Å². The number of hydrogen-bond acceptors (Lipinski definition) is 8. The van der Waals surface area contributed by atoms with Crippen molar-refractivity contribution in [3.8, 4) is 0 Å². The molecule has 6 nitrogen and oxygen atoms in total. The van der Waals surface area contributed by atoms with Crippen LogP contribution in [0, 0.1) is 0 Å². The predicted octanol–water partition coefficient (Wildman–Crippen LogP) is 0.908. The first-order chi connectivity index (χ1) is 8.24. The molecule has 0 amide bonds. The molecular formula is C8H20O6P2PbS2. The standard InChI is InChI=1S/2C4H11O3PS.Pb/c2*1-3-6-8(5,9)7-4-2;/h2*3-4H2,1-2H3,(H,5,9);/q;;+2/p-2. The maximum absolute atomic E-state index is 10.8. The zero-order chi connectivity index (χ0) is 14.7. The zero-order valence-electron chi connectivity index (χ0n) is 11.5. The molecule has 0 bridgehead atoms. The molecule has 114 valence electrons. The summed E-state index contributed by atoms with van der Waals surface area (Å²) in [5.74, 6) is 0. The predicted molar refractivity (Wildman–Crippen MR) is 80.8 cm³/mol. The van der Waals surface area contributed by atoms with Gasteiger partial charge in [0.25, 0.3) is 0 Å². The maximum Gasteiger partial charge on any atom is 2.00 e. The van der Waals surface area contributed by atoms with Gasteiger partial charge in [0.2, 0.25) is 0 Å². The minimum Gasteiger partial charge on any atom is -0.780 e. The van der Waals surface area contributed by atoms with Crippen LogP contribution in [0.15, 0.2) is 0 Å². The molecule has 0 fully saturated rings. The summed E-state index contributed by atoms with van der Waals surface area (Å²) in [5.41, 5.74) is 0. The Morgan fingerprint density at radius 2 is 0.842 bits per heavy atom. The Balaban J connectivity index is -0.000000256. The monoisotopic (exact) mass is 546 g/mol. The van der Waals surface area contributed by atoms with Gasteiger partial charge in [-0.2, -0.15) is 0 Å². The molecule has 0 unspecified atom stereocenters. The van der Waals surface area contributed by atoms with E-state index in [9.17, 15) is 9.79 Å². The van der Waals surface area contributed by atoms with Gasteiger partial charge >= 0.3 is 27.3 Å². The van der Waals surface area contributed by atoms with E-state index < -0.39 is 13.4 Å². The van der Waals surface area contributed by atoms with Gasteiger partial charge in [0, 0.05) is 0 Å². The van der Waals surface area contributed by atoms with E-state index in [1.807, 2.05) is 0 Å². The maximum atomic E-state index is 10.8. The third kappa shape index (κ3) is 20.0. The molecule has 2 radical (unpaired) electrons. The molecule has 0 aromatic carbocycles. The van der Waals surface area contributed by atoms with Crippen molar-refractivity contribution >= 4 is 64.3 Å². The first-order valence-electron chi connectivity index (χ1n) is 5.44. The fraction of sp³-hybridized carbons (Fsp3) is 1.00. The van der Waals surface area contributed by atoms with E-state index in [-0.39, 0.29) is 27.3 Å². The van der Waals surface area contributed by atoms with Gasteiger partial charge in [0.1, 0.15) is 13.4 Å². The van der Waals surface area contributed by atoms with E-state index in [4.69, 9.17) is 0 Å². The first-order valence-corrected chi connectivity index (χ1v) is 10.6. The molecular weight excluding hydrogens is 525 g/mol. The molecule has 19 heavy (non-hydrogen) atoms. The average Bonchev–Trinajstić information content (AvgIpc) is 2.17. The minimum absolute atomic E-state index is 0. The normalized spacial score (nSPS) is 11.3. The molecule has 0 aromatic heterocycles. The summed E-state index contributed by atoms with van der Waals surface area (Å²) in [5, 5.41) is 0. The van der Waals surface area contributed by atoms with Gasteiger partial charge in [0.15, 0.2) is 0 Å². The van der Waals surface area contributed by atoms with E-state index in [1.165, 1.54) is 0 Å². The van der Waals surface area contributed by atoms with Gasteiger partial charge in [-0.15, -0.1) is 0 Å². The second-order valence-electron chi connectivity index (χ2n) is 2.57. The van der Waals surface area contributed by atoms with E-state index in [1.54, 1.807) is 27.7 Å². The fourth-order valence-corrected chi connectivity index (χ4v) is 3.39. The fourth-order valence-electron chi connectivity index (χ4n) is 0.707. The Kier molecular flexibility index (Phi) is 20.3. The van der Waals surface area contributed by atoms with Crippen molar-refractivity contribution < 1.29 is 27.9 Å². The molecule has 0 aliphatic rings. The van der Waals surface area contributed by atoms with Gasteiger partial charge in [-0.25, -0.2) is 0 Å². The van der Waals surface area contributed by atoms with Gasteiger partial charge in [-0.05, 0) is 27.7 Å². The minimum atomic E-state index is -3.11. The molecule has 0 N–H and O–H groups in total. The zero-order valence-corrected chi connectivity index (χ0v) is 18.8. The Morgan fingerprint density at radius 3 is 0.947 bits per heavy atom. The third-order valence-corrected chi connectivity index (χ3v) is 4.71. The Morgan fingerprint density at radius 1 is 0.684 bits per heavy atom. The summed E-state index contributed by atoms with van der Waals surface area (Å²) in [6.45, 7) is 2.00. The largest absolute Gasteiger partial charge is 2.00 e. The van der Waals surface area contributed by atoms with Crippen molar-refractivity contribution in [2.24, 2.45) is 0 Å². The number of hydrogen-bond donors (Lipinski definition) is 0. The molecule has 0 saturated heterocycles. The quantitative estimate of drug-likeness (QED) is 0.329. The van der Waals surface area contributed by atoms with Gasteiger partial charge in [-0.3, -0.25) is 0 Å². The van der Waals surface area contributed by atoms with Crippen LogP contribution in [-0.4, -0.2) is 53.7 Å². The second kappa shape index (κ2) is 14.9.